The molecule has 0 heterocycles. The SMILES string of the molecule is Cc1ccccc1C1(O)C=C(C(C)(C)C)C(=N)C(C(C)(C)C)=C1. The quantitative estimate of drug-likeness (QED) is 0.739. The first-order valence-electron chi connectivity index (χ1n) is 8.21. The van der Waals surface area contributed by atoms with Crippen molar-refractivity contribution in [1.29, 1.82) is 5.41 Å². The summed E-state index contributed by atoms with van der Waals surface area (Å²) in [6.07, 6.45) is 3.74. The molecule has 0 radical (unpaired) electrons. The number of rotatable bonds is 1. The number of hydrogen-bond acceptors (Lipinski definition) is 2. The number of allylic oxidation sites excluding steroid dienone is 2. The van der Waals surface area contributed by atoms with Gasteiger partial charge in [0.05, 0.1) is 5.71 Å². The van der Waals surface area contributed by atoms with Crippen molar-refractivity contribution in [1.82, 2.24) is 0 Å². The second-order valence-electron chi connectivity index (χ2n) is 8.63. The van der Waals surface area contributed by atoms with Gasteiger partial charge in [0.2, 0.25) is 0 Å². The zero-order valence-corrected chi connectivity index (χ0v) is 15.4. The van der Waals surface area contributed by atoms with Crippen molar-refractivity contribution < 1.29 is 5.11 Å². The van der Waals surface area contributed by atoms with E-state index in [0.29, 0.717) is 5.71 Å². The Balaban J connectivity index is 2.75. The van der Waals surface area contributed by atoms with Crippen LogP contribution >= 0.6 is 0 Å². The van der Waals surface area contributed by atoms with Crippen molar-refractivity contribution in [2.45, 2.75) is 54.1 Å². The standard InChI is InChI=1S/C21H29NO/c1-14-10-8-9-11-15(14)21(23)12-16(19(2,3)4)18(22)17(13-21)20(5,6)7/h8-13,22-23H,1-7H3. The molecule has 124 valence electrons. The molecular weight excluding hydrogens is 282 g/mol. The summed E-state index contributed by atoms with van der Waals surface area (Å²) in [6.45, 7) is 14.6. The molecule has 1 aromatic carbocycles. The van der Waals surface area contributed by atoms with Crippen molar-refractivity contribution in [2.75, 3.05) is 0 Å². The van der Waals surface area contributed by atoms with E-state index in [1.165, 1.54) is 0 Å². The van der Waals surface area contributed by atoms with Crippen LogP contribution in [0, 0.1) is 23.2 Å². The lowest BCUT2D eigenvalue weighted by atomic mass is 9.68. The van der Waals surface area contributed by atoms with Crippen LogP contribution in [0.25, 0.3) is 0 Å². The Hall–Kier alpha value is -1.67. The van der Waals surface area contributed by atoms with Crippen LogP contribution in [0.4, 0.5) is 0 Å². The first-order chi connectivity index (χ1) is 10.4. The van der Waals surface area contributed by atoms with Gasteiger partial charge in [-0.3, -0.25) is 0 Å². The molecule has 2 rings (SSSR count). The second-order valence-corrected chi connectivity index (χ2v) is 8.63. The zero-order valence-electron chi connectivity index (χ0n) is 15.4. The lowest BCUT2D eigenvalue weighted by Gasteiger charge is -2.39. The molecule has 1 aromatic rings. The fourth-order valence-electron chi connectivity index (χ4n) is 3.13. The first-order valence-corrected chi connectivity index (χ1v) is 8.21. The highest BCUT2D eigenvalue weighted by molar-refractivity contribution is 6.13. The van der Waals surface area contributed by atoms with Crippen LogP contribution in [-0.2, 0) is 5.60 Å². The number of benzene rings is 1. The fraction of sp³-hybridized carbons (Fsp3) is 0.476. The molecule has 0 spiro atoms. The van der Waals surface area contributed by atoms with E-state index >= 15 is 0 Å². The number of aliphatic hydroxyl groups is 1. The van der Waals surface area contributed by atoms with Crippen molar-refractivity contribution in [3.05, 3.63) is 58.7 Å². The molecule has 0 bridgehead atoms. The Bertz CT molecular complexity index is 659. The molecule has 0 saturated heterocycles. The Morgan fingerprint density at radius 2 is 1.30 bits per heavy atom. The third-order valence-corrected chi connectivity index (χ3v) is 4.46. The molecule has 0 fully saturated rings. The molecule has 2 N–H and O–H groups in total. The molecule has 2 nitrogen and oxygen atoms in total. The fourth-order valence-corrected chi connectivity index (χ4v) is 3.13. The van der Waals surface area contributed by atoms with Crippen LogP contribution in [0.2, 0.25) is 0 Å². The van der Waals surface area contributed by atoms with Crippen LogP contribution < -0.4 is 0 Å². The summed E-state index contributed by atoms with van der Waals surface area (Å²) >= 11 is 0. The van der Waals surface area contributed by atoms with Crippen LogP contribution in [0.5, 0.6) is 0 Å². The third-order valence-electron chi connectivity index (χ3n) is 4.46. The normalized spacial score (nSPS) is 22.7. The zero-order chi connectivity index (χ0) is 17.6. The van der Waals surface area contributed by atoms with Crippen LogP contribution in [0.1, 0.15) is 52.7 Å². The first kappa shape index (κ1) is 17.7. The van der Waals surface area contributed by atoms with Gasteiger partial charge >= 0.3 is 0 Å². The van der Waals surface area contributed by atoms with Crippen molar-refractivity contribution in [2.24, 2.45) is 10.8 Å². The lowest BCUT2D eigenvalue weighted by Crippen LogP contribution is -2.35. The highest BCUT2D eigenvalue weighted by Gasteiger charge is 2.39. The van der Waals surface area contributed by atoms with Crippen LogP contribution in [0.3, 0.4) is 0 Å². The molecule has 0 aromatic heterocycles. The summed E-state index contributed by atoms with van der Waals surface area (Å²) in [7, 11) is 0. The van der Waals surface area contributed by atoms with Gasteiger partial charge in [0.25, 0.3) is 0 Å². The molecule has 1 aliphatic carbocycles. The van der Waals surface area contributed by atoms with Gasteiger partial charge in [-0.25, -0.2) is 0 Å². The van der Waals surface area contributed by atoms with Gasteiger partial charge in [0.15, 0.2) is 0 Å². The van der Waals surface area contributed by atoms with E-state index in [1.807, 2.05) is 43.3 Å². The van der Waals surface area contributed by atoms with Crippen LogP contribution in [0.15, 0.2) is 47.6 Å². The topological polar surface area (TPSA) is 44.1 Å². The maximum absolute atomic E-state index is 11.5. The summed E-state index contributed by atoms with van der Waals surface area (Å²) in [5.41, 5.74) is 2.72. The predicted octanol–water partition coefficient (Wildman–Crippen LogP) is 5.16. The summed E-state index contributed by atoms with van der Waals surface area (Å²) < 4.78 is 0. The number of nitrogens with one attached hydrogen (secondary N) is 1. The smallest absolute Gasteiger partial charge is 0.128 e. The minimum absolute atomic E-state index is 0.196. The molecule has 0 aliphatic heterocycles. The minimum Gasteiger partial charge on any atom is -0.377 e. The van der Waals surface area contributed by atoms with Crippen molar-refractivity contribution in [3.63, 3.8) is 0 Å². The highest BCUT2D eigenvalue weighted by Crippen LogP contribution is 2.43. The Labute approximate surface area is 140 Å². The summed E-state index contributed by atoms with van der Waals surface area (Å²) in [5.74, 6) is 0. The molecule has 0 amide bonds. The summed E-state index contributed by atoms with van der Waals surface area (Å²) in [6, 6.07) is 7.92. The second kappa shape index (κ2) is 5.45. The molecule has 2 heteroatoms. The van der Waals surface area contributed by atoms with Crippen molar-refractivity contribution >= 4 is 5.71 Å². The number of hydrogen-bond donors (Lipinski definition) is 2. The van der Waals surface area contributed by atoms with E-state index in [4.69, 9.17) is 5.41 Å². The monoisotopic (exact) mass is 311 g/mol. The Kier molecular flexibility index (Phi) is 4.19. The van der Waals surface area contributed by atoms with E-state index in [0.717, 1.165) is 22.3 Å². The molecular formula is C21H29NO. The molecule has 23 heavy (non-hydrogen) atoms. The van der Waals surface area contributed by atoms with E-state index in [1.54, 1.807) is 0 Å². The van der Waals surface area contributed by atoms with Gasteiger partial charge in [0, 0.05) is 0 Å². The van der Waals surface area contributed by atoms with Gasteiger partial charge < -0.3 is 10.5 Å². The average Bonchev–Trinajstić information content (AvgIpc) is 2.39. The van der Waals surface area contributed by atoms with Crippen LogP contribution in [-0.4, -0.2) is 10.8 Å². The summed E-state index contributed by atoms with van der Waals surface area (Å²) in [5, 5.41) is 20.1. The Morgan fingerprint density at radius 3 is 1.70 bits per heavy atom. The molecule has 0 saturated carbocycles. The van der Waals surface area contributed by atoms with Crippen molar-refractivity contribution in [3.8, 4) is 0 Å². The lowest BCUT2D eigenvalue weighted by molar-refractivity contribution is 0.137. The van der Waals surface area contributed by atoms with E-state index in [2.05, 4.69) is 41.5 Å². The predicted molar refractivity (Wildman–Crippen MR) is 97.9 cm³/mol. The maximum Gasteiger partial charge on any atom is 0.128 e. The average molecular weight is 311 g/mol. The largest absolute Gasteiger partial charge is 0.377 e. The number of aryl methyl sites for hydroxylation is 1. The van der Waals surface area contributed by atoms with E-state index in [9.17, 15) is 5.11 Å². The highest BCUT2D eigenvalue weighted by atomic mass is 16.3. The van der Waals surface area contributed by atoms with Gasteiger partial charge in [-0.15, -0.1) is 0 Å². The van der Waals surface area contributed by atoms with Gasteiger partial charge in [-0.05, 0) is 52.2 Å². The third kappa shape index (κ3) is 3.32. The van der Waals surface area contributed by atoms with Gasteiger partial charge in [-0.1, -0.05) is 65.8 Å². The molecule has 0 unspecified atom stereocenters. The van der Waals surface area contributed by atoms with E-state index in [-0.39, 0.29) is 10.8 Å². The summed E-state index contributed by atoms with van der Waals surface area (Å²) in [4.78, 5) is 0. The molecule has 0 atom stereocenters. The van der Waals surface area contributed by atoms with Gasteiger partial charge in [-0.2, -0.15) is 0 Å². The minimum atomic E-state index is -1.17. The van der Waals surface area contributed by atoms with Gasteiger partial charge in [0.1, 0.15) is 5.60 Å². The Morgan fingerprint density at radius 1 is 0.870 bits per heavy atom. The molecule has 1 aliphatic rings. The van der Waals surface area contributed by atoms with E-state index < -0.39 is 5.60 Å². The maximum atomic E-state index is 11.5.